The topological polar surface area (TPSA) is 49.4 Å². The van der Waals surface area contributed by atoms with Gasteiger partial charge in [0.1, 0.15) is 6.04 Å². The van der Waals surface area contributed by atoms with Crippen LogP contribution in [0.4, 0.5) is 0 Å². The van der Waals surface area contributed by atoms with Gasteiger partial charge in [-0.05, 0) is 43.9 Å². The van der Waals surface area contributed by atoms with Crippen molar-refractivity contribution in [3.05, 3.63) is 0 Å². The third-order valence-corrected chi connectivity index (χ3v) is 5.16. The molecule has 2 bridgehead atoms. The standard InChI is InChI=1S/C15H24N2O2/c1-10(2)12(13(18)17-5-3-4-6-17)16-14(19)15-7-11(8-15)9-15/h10-12H,3-9H2,1-2H3,(H,16,19). The lowest BCUT2D eigenvalue weighted by molar-refractivity contribution is -0.167. The molecule has 4 nitrogen and oxygen atoms in total. The zero-order chi connectivity index (χ0) is 13.6. The summed E-state index contributed by atoms with van der Waals surface area (Å²) in [7, 11) is 0. The number of carbonyl (C=O) groups is 2. The monoisotopic (exact) mass is 264 g/mol. The van der Waals surface area contributed by atoms with Crippen LogP contribution in [0.5, 0.6) is 0 Å². The van der Waals surface area contributed by atoms with Crippen molar-refractivity contribution in [1.82, 2.24) is 10.2 Å². The van der Waals surface area contributed by atoms with Crippen LogP contribution in [-0.4, -0.2) is 35.8 Å². The second kappa shape index (κ2) is 4.50. The zero-order valence-corrected chi connectivity index (χ0v) is 11.9. The fourth-order valence-corrected chi connectivity index (χ4v) is 3.70. The highest BCUT2D eigenvalue weighted by Crippen LogP contribution is 2.64. The molecule has 4 aliphatic rings. The molecule has 3 aliphatic carbocycles. The second-order valence-corrected chi connectivity index (χ2v) is 6.99. The number of carbonyl (C=O) groups excluding carboxylic acids is 2. The summed E-state index contributed by atoms with van der Waals surface area (Å²) in [5, 5.41) is 3.04. The fraction of sp³-hybridized carbons (Fsp3) is 0.867. The Kier molecular flexibility index (Phi) is 3.06. The summed E-state index contributed by atoms with van der Waals surface area (Å²) < 4.78 is 0. The van der Waals surface area contributed by atoms with Gasteiger partial charge in [0.2, 0.25) is 11.8 Å². The predicted molar refractivity (Wildman–Crippen MR) is 72.4 cm³/mol. The molecule has 106 valence electrons. The minimum atomic E-state index is -0.334. The first-order valence-corrected chi connectivity index (χ1v) is 7.62. The SMILES string of the molecule is CC(C)C(NC(=O)C12CC(C1)C2)C(=O)N1CCCC1. The van der Waals surface area contributed by atoms with E-state index in [9.17, 15) is 9.59 Å². The van der Waals surface area contributed by atoms with E-state index in [4.69, 9.17) is 0 Å². The molecule has 19 heavy (non-hydrogen) atoms. The van der Waals surface area contributed by atoms with Gasteiger partial charge in [0, 0.05) is 18.5 Å². The molecule has 0 aromatic rings. The number of likely N-dealkylation sites (tertiary alicyclic amines) is 1. The molecule has 1 saturated heterocycles. The minimum absolute atomic E-state index is 0.0942. The summed E-state index contributed by atoms with van der Waals surface area (Å²) in [6.45, 7) is 5.73. The maximum absolute atomic E-state index is 12.5. The summed E-state index contributed by atoms with van der Waals surface area (Å²) in [6.07, 6.45) is 5.32. The molecule has 0 aromatic carbocycles. The lowest BCUT2D eigenvalue weighted by atomic mass is 9.44. The average Bonchev–Trinajstić information content (AvgIpc) is 2.73. The first-order valence-electron chi connectivity index (χ1n) is 7.62. The highest BCUT2D eigenvalue weighted by Gasteiger charge is 2.61. The van der Waals surface area contributed by atoms with Crippen LogP contribution >= 0.6 is 0 Å². The molecule has 3 saturated carbocycles. The van der Waals surface area contributed by atoms with Gasteiger partial charge in [-0.25, -0.2) is 0 Å². The van der Waals surface area contributed by atoms with Crippen LogP contribution in [0.25, 0.3) is 0 Å². The number of hydrogen-bond acceptors (Lipinski definition) is 2. The first kappa shape index (κ1) is 12.9. The van der Waals surface area contributed by atoms with Crippen molar-refractivity contribution in [2.24, 2.45) is 17.3 Å². The number of hydrogen-bond donors (Lipinski definition) is 1. The summed E-state index contributed by atoms with van der Waals surface area (Å²) in [6, 6.07) is -0.334. The largest absolute Gasteiger partial charge is 0.344 e. The number of nitrogens with zero attached hydrogens (tertiary/aromatic N) is 1. The van der Waals surface area contributed by atoms with Crippen molar-refractivity contribution < 1.29 is 9.59 Å². The number of amides is 2. The molecule has 4 fully saturated rings. The van der Waals surface area contributed by atoms with Gasteiger partial charge < -0.3 is 10.2 Å². The summed E-state index contributed by atoms with van der Waals surface area (Å²) in [5.74, 6) is 1.19. The minimum Gasteiger partial charge on any atom is -0.344 e. The molecule has 1 atom stereocenters. The highest BCUT2D eigenvalue weighted by atomic mass is 16.2. The van der Waals surface area contributed by atoms with Crippen LogP contribution in [0.2, 0.25) is 0 Å². The number of rotatable bonds is 4. The van der Waals surface area contributed by atoms with Crippen LogP contribution in [-0.2, 0) is 9.59 Å². The fourth-order valence-electron chi connectivity index (χ4n) is 3.70. The Bertz CT molecular complexity index is 382. The molecule has 0 spiro atoms. The molecule has 4 heteroatoms. The van der Waals surface area contributed by atoms with E-state index in [0.29, 0.717) is 0 Å². The highest BCUT2D eigenvalue weighted by molar-refractivity contribution is 5.91. The molecular formula is C15H24N2O2. The van der Waals surface area contributed by atoms with E-state index in [2.05, 4.69) is 5.32 Å². The lowest BCUT2D eigenvalue weighted by Gasteiger charge is -2.60. The van der Waals surface area contributed by atoms with Crippen molar-refractivity contribution in [1.29, 1.82) is 0 Å². The molecule has 2 amide bonds. The molecule has 1 unspecified atom stereocenters. The zero-order valence-electron chi connectivity index (χ0n) is 11.9. The van der Waals surface area contributed by atoms with Gasteiger partial charge in [-0.2, -0.15) is 0 Å². The van der Waals surface area contributed by atoms with E-state index >= 15 is 0 Å². The predicted octanol–water partition coefficient (Wildman–Crippen LogP) is 1.55. The third kappa shape index (κ3) is 2.05. The maximum atomic E-state index is 12.5. The van der Waals surface area contributed by atoms with Crippen LogP contribution in [0.3, 0.4) is 0 Å². The van der Waals surface area contributed by atoms with Crippen LogP contribution < -0.4 is 5.32 Å². The Morgan fingerprint density at radius 1 is 1.16 bits per heavy atom. The van der Waals surface area contributed by atoms with Crippen molar-refractivity contribution in [3.8, 4) is 0 Å². The van der Waals surface area contributed by atoms with E-state index in [1.54, 1.807) is 0 Å². The second-order valence-electron chi connectivity index (χ2n) is 6.99. The van der Waals surface area contributed by atoms with E-state index in [0.717, 1.165) is 51.1 Å². The molecule has 1 heterocycles. The first-order chi connectivity index (χ1) is 9.02. The lowest BCUT2D eigenvalue weighted by Crippen LogP contribution is -2.63. The average molecular weight is 264 g/mol. The van der Waals surface area contributed by atoms with E-state index < -0.39 is 0 Å². The van der Waals surface area contributed by atoms with Crippen molar-refractivity contribution in [2.45, 2.75) is 52.0 Å². The Balaban J connectivity index is 1.63. The Morgan fingerprint density at radius 3 is 2.16 bits per heavy atom. The molecular weight excluding hydrogens is 240 g/mol. The quantitative estimate of drug-likeness (QED) is 0.837. The molecule has 0 aromatic heterocycles. The van der Waals surface area contributed by atoms with Crippen molar-refractivity contribution in [2.75, 3.05) is 13.1 Å². The van der Waals surface area contributed by atoms with E-state index in [-0.39, 0.29) is 29.2 Å². The van der Waals surface area contributed by atoms with Crippen LogP contribution in [0.1, 0.15) is 46.0 Å². The van der Waals surface area contributed by atoms with Crippen molar-refractivity contribution >= 4 is 11.8 Å². The van der Waals surface area contributed by atoms with Gasteiger partial charge in [-0.3, -0.25) is 9.59 Å². The maximum Gasteiger partial charge on any atom is 0.245 e. The Morgan fingerprint density at radius 2 is 1.74 bits per heavy atom. The Labute approximate surface area is 114 Å². The van der Waals surface area contributed by atoms with Gasteiger partial charge in [0.25, 0.3) is 0 Å². The molecule has 1 N–H and O–H groups in total. The van der Waals surface area contributed by atoms with Gasteiger partial charge >= 0.3 is 0 Å². The molecule has 4 rings (SSSR count). The number of nitrogens with one attached hydrogen (secondary N) is 1. The normalized spacial score (nSPS) is 33.6. The Hall–Kier alpha value is -1.06. The summed E-state index contributed by atoms with van der Waals surface area (Å²) in [5.41, 5.74) is -0.0942. The van der Waals surface area contributed by atoms with Gasteiger partial charge in [-0.15, -0.1) is 0 Å². The van der Waals surface area contributed by atoms with E-state index in [1.165, 1.54) is 0 Å². The molecule has 0 radical (unpaired) electrons. The van der Waals surface area contributed by atoms with Crippen LogP contribution in [0, 0.1) is 17.3 Å². The van der Waals surface area contributed by atoms with Gasteiger partial charge in [-0.1, -0.05) is 13.8 Å². The smallest absolute Gasteiger partial charge is 0.245 e. The summed E-state index contributed by atoms with van der Waals surface area (Å²) >= 11 is 0. The molecule has 1 aliphatic heterocycles. The van der Waals surface area contributed by atoms with Crippen LogP contribution in [0.15, 0.2) is 0 Å². The van der Waals surface area contributed by atoms with Gasteiger partial charge in [0.05, 0.1) is 0 Å². The third-order valence-electron chi connectivity index (χ3n) is 5.16. The van der Waals surface area contributed by atoms with E-state index in [1.807, 2.05) is 18.7 Å². The van der Waals surface area contributed by atoms with Crippen molar-refractivity contribution in [3.63, 3.8) is 0 Å². The van der Waals surface area contributed by atoms with Gasteiger partial charge in [0.15, 0.2) is 0 Å². The summed E-state index contributed by atoms with van der Waals surface area (Å²) in [4.78, 5) is 26.7.